The normalized spacial score (nSPS) is 12.9. The highest BCUT2D eigenvalue weighted by Gasteiger charge is 2.30. The first-order chi connectivity index (χ1) is 22.2. The number of carbonyl (C=O) groups excluding carboxylic acids is 3. The van der Waals surface area contributed by atoms with Gasteiger partial charge in [-0.1, -0.05) is 78.0 Å². The minimum atomic E-state index is -1.80. The molecule has 0 bridgehead atoms. The molecule has 1 heterocycles. The average Bonchev–Trinajstić information content (AvgIpc) is 3.07. The number of nitrogens with zero attached hydrogens (tertiary/aromatic N) is 2. The number of aliphatic hydroxyl groups excluding tert-OH is 2. The van der Waals surface area contributed by atoms with Crippen molar-refractivity contribution in [2.75, 3.05) is 11.9 Å². The predicted molar refractivity (Wildman–Crippen MR) is 167 cm³/mol. The van der Waals surface area contributed by atoms with Gasteiger partial charge >= 0.3 is 0 Å². The van der Waals surface area contributed by atoms with Gasteiger partial charge in [-0.15, -0.1) is 5.11 Å². The van der Waals surface area contributed by atoms with E-state index in [2.05, 4.69) is 26.3 Å². The molecule has 3 atom stereocenters. The van der Waals surface area contributed by atoms with E-state index < -0.39 is 59.5 Å². The third-order valence-corrected chi connectivity index (χ3v) is 6.73. The molecular weight excluding hydrogens is 594 g/mol. The molecule has 0 fully saturated rings. The molecule has 0 radical (unpaired) electrons. The fraction of sp³-hybridized carbons (Fsp3) is 0.156. The highest BCUT2D eigenvalue weighted by molar-refractivity contribution is 6.00. The maximum atomic E-state index is 13.3. The molecule has 0 saturated carbocycles. The van der Waals surface area contributed by atoms with Gasteiger partial charge in [-0.3, -0.25) is 24.6 Å². The lowest BCUT2D eigenvalue weighted by molar-refractivity contribution is -0.125. The summed E-state index contributed by atoms with van der Waals surface area (Å²) in [6.07, 6.45) is -1.80. The maximum Gasteiger partial charge on any atom is 0.287 e. The van der Waals surface area contributed by atoms with Crippen LogP contribution in [0.25, 0.3) is 0 Å². The molecule has 4 rings (SSSR count). The molecular formula is C32H31N7O7. The number of amides is 3. The SMILES string of the molecule is N=C(N=NN)c1cccc(NC(=O)[C@@H](O)[C@H](Cc2ccccc2)NC(=O)c2cc(=O)cc(C(=O)N[C@H](CO)c3ccccc3)o2)c1. The molecule has 0 aliphatic carbocycles. The second-order valence-electron chi connectivity index (χ2n) is 9.99. The summed E-state index contributed by atoms with van der Waals surface area (Å²) in [5.41, 5.74) is 1.09. The van der Waals surface area contributed by atoms with Crippen molar-refractivity contribution in [1.29, 1.82) is 5.41 Å². The highest BCUT2D eigenvalue weighted by Crippen LogP contribution is 2.16. The number of carbonyl (C=O) groups is 3. The average molecular weight is 626 g/mol. The maximum absolute atomic E-state index is 13.3. The Morgan fingerprint density at radius 3 is 2.13 bits per heavy atom. The lowest BCUT2D eigenvalue weighted by Crippen LogP contribution is -2.50. The van der Waals surface area contributed by atoms with Crippen LogP contribution in [0.4, 0.5) is 5.69 Å². The molecule has 0 saturated heterocycles. The molecule has 236 valence electrons. The number of benzene rings is 3. The number of nitrogens with one attached hydrogen (secondary N) is 4. The molecule has 1 aromatic heterocycles. The number of amidine groups is 1. The molecule has 3 aromatic carbocycles. The van der Waals surface area contributed by atoms with E-state index in [1.807, 2.05) is 0 Å². The van der Waals surface area contributed by atoms with E-state index in [4.69, 9.17) is 15.7 Å². The molecule has 3 amide bonds. The summed E-state index contributed by atoms with van der Waals surface area (Å²) in [5, 5.41) is 42.9. The Balaban J connectivity index is 1.54. The Morgan fingerprint density at radius 1 is 0.870 bits per heavy atom. The zero-order valence-corrected chi connectivity index (χ0v) is 24.3. The monoisotopic (exact) mass is 625 g/mol. The first kappa shape index (κ1) is 32.9. The first-order valence-electron chi connectivity index (χ1n) is 13.9. The Morgan fingerprint density at radius 2 is 1.50 bits per heavy atom. The van der Waals surface area contributed by atoms with Gasteiger partial charge in [-0.2, -0.15) is 0 Å². The molecule has 14 nitrogen and oxygen atoms in total. The van der Waals surface area contributed by atoms with Crippen molar-refractivity contribution in [2.24, 2.45) is 16.2 Å². The Bertz CT molecular complexity index is 1780. The largest absolute Gasteiger partial charge is 0.445 e. The van der Waals surface area contributed by atoms with Crippen molar-refractivity contribution in [3.05, 3.63) is 135 Å². The number of nitrogens with two attached hydrogens (primary N) is 1. The van der Waals surface area contributed by atoms with E-state index in [1.54, 1.807) is 72.8 Å². The Labute approximate surface area is 262 Å². The van der Waals surface area contributed by atoms with Gasteiger partial charge in [0.2, 0.25) is 0 Å². The van der Waals surface area contributed by atoms with Crippen LogP contribution in [0.5, 0.6) is 0 Å². The standard InChI is InChI=1S/C32H31N7O7/c33-29(38-39-34)21-12-7-13-22(15-21)35-32(45)28(42)24(14-19-8-3-1-4-9-19)36-30(43)26-16-23(41)17-27(46-26)31(44)37-25(18-40)20-10-5-2-6-11-20/h1-13,15-17,24-25,28,40,42H,14,18H2,(H,35,45)(H,36,43)(H,37,44)(H3,33,34,38)/t24-,25+,28-/m0/s1. The second-order valence-corrected chi connectivity index (χ2v) is 9.99. The quantitative estimate of drug-likeness (QED) is 0.0404. The summed E-state index contributed by atoms with van der Waals surface area (Å²) < 4.78 is 5.47. The summed E-state index contributed by atoms with van der Waals surface area (Å²) >= 11 is 0. The third-order valence-electron chi connectivity index (χ3n) is 6.73. The van der Waals surface area contributed by atoms with E-state index in [0.29, 0.717) is 16.7 Å². The summed E-state index contributed by atoms with van der Waals surface area (Å²) in [5.74, 6) is 1.04. The number of anilines is 1. The molecule has 0 aliphatic rings. The van der Waals surface area contributed by atoms with Crippen LogP contribution in [0.1, 0.15) is 43.8 Å². The Kier molecular flexibility index (Phi) is 11.2. The van der Waals surface area contributed by atoms with E-state index in [0.717, 1.165) is 12.1 Å². The summed E-state index contributed by atoms with van der Waals surface area (Å²) in [4.78, 5) is 51.9. The van der Waals surface area contributed by atoms with Crippen molar-refractivity contribution >= 4 is 29.2 Å². The van der Waals surface area contributed by atoms with Crippen LogP contribution in [0.15, 0.2) is 117 Å². The second kappa shape index (κ2) is 15.7. The summed E-state index contributed by atoms with van der Waals surface area (Å²) in [6, 6.07) is 23.2. The fourth-order valence-corrected chi connectivity index (χ4v) is 4.46. The highest BCUT2D eigenvalue weighted by atomic mass is 16.4. The van der Waals surface area contributed by atoms with Crippen molar-refractivity contribution < 1.29 is 29.0 Å². The number of hydrogen-bond donors (Lipinski definition) is 7. The summed E-state index contributed by atoms with van der Waals surface area (Å²) in [6.45, 7) is -0.438. The van der Waals surface area contributed by atoms with Crippen molar-refractivity contribution in [1.82, 2.24) is 10.6 Å². The summed E-state index contributed by atoms with van der Waals surface area (Å²) in [7, 11) is 0. The number of rotatable bonds is 12. The van der Waals surface area contributed by atoms with E-state index >= 15 is 0 Å². The van der Waals surface area contributed by atoms with Crippen LogP contribution >= 0.6 is 0 Å². The molecule has 0 aliphatic heterocycles. The first-order valence-corrected chi connectivity index (χ1v) is 13.9. The van der Waals surface area contributed by atoms with Gasteiger partial charge in [-0.25, -0.2) is 0 Å². The Hall–Kier alpha value is -5.99. The van der Waals surface area contributed by atoms with Gasteiger partial charge in [0.1, 0.15) is 0 Å². The smallest absolute Gasteiger partial charge is 0.287 e. The van der Waals surface area contributed by atoms with E-state index in [1.165, 1.54) is 12.1 Å². The van der Waals surface area contributed by atoms with Crippen LogP contribution in [0.2, 0.25) is 0 Å². The van der Waals surface area contributed by atoms with Crippen LogP contribution in [0, 0.1) is 5.41 Å². The van der Waals surface area contributed by atoms with Gasteiger partial charge in [0.25, 0.3) is 17.7 Å². The fourth-order valence-electron chi connectivity index (χ4n) is 4.46. The molecule has 0 unspecified atom stereocenters. The van der Waals surface area contributed by atoms with E-state index in [9.17, 15) is 29.4 Å². The third kappa shape index (κ3) is 8.78. The van der Waals surface area contributed by atoms with Crippen molar-refractivity contribution in [3.8, 4) is 0 Å². The predicted octanol–water partition coefficient (Wildman–Crippen LogP) is 2.10. The molecule has 8 N–H and O–H groups in total. The van der Waals surface area contributed by atoms with Gasteiger partial charge in [-0.05, 0) is 29.7 Å². The molecule has 46 heavy (non-hydrogen) atoms. The van der Waals surface area contributed by atoms with Gasteiger partial charge in [0.15, 0.2) is 28.9 Å². The van der Waals surface area contributed by atoms with E-state index in [-0.39, 0.29) is 17.9 Å². The topological polar surface area (TPSA) is 233 Å². The van der Waals surface area contributed by atoms with Gasteiger partial charge < -0.3 is 36.4 Å². The number of aliphatic hydroxyl groups is 2. The minimum Gasteiger partial charge on any atom is -0.445 e. The minimum absolute atomic E-state index is 0.00238. The van der Waals surface area contributed by atoms with Crippen LogP contribution in [0.3, 0.4) is 0 Å². The van der Waals surface area contributed by atoms with Crippen LogP contribution in [-0.4, -0.2) is 52.5 Å². The zero-order chi connectivity index (χ0) is 33.1. The van der Waals surface area contributed by atoms with Gasteiger partial charge in [0.05, 0.1) is 18.7 Å². The number of hydrogen-bond acceptors (Lipinski definition) is 9. The van der Waals surface area contributed by atoms with Crippen molar-refractivity contribution in [2.45, 2.75) is 24.6 Å². The zero-order valence-electron chi connectivity index (χ0n) is 24.3. The molecule has 0 spiro atoms. The van der Waals surface area contributed by atoms with Crippen LogP contribution < -0.4 is 27.2 Å². The van der Waals surface area contributed by atoms with Gasteiger partial charge in [0, 0.05) is 23.4 Å². The van der Waals surface area contributed by atoms with Crippen LogP contribution in [-0.2, 0) is 11.2 Å². The molecule has 14 heteroatoms. The lowest BCUT2D eigenvalue weighted by atomic mass is 10.00. The van der Waals surface area contributed by atoms with Crippen molar-refractivity contribution in [3.63, 3.8) is 0 Å². The lowest BCUT2D eigenvalue weighted by Gasteiger charge is -2.24. The molecule has 4 aromatic rings.